The Hall–Kier alpha value is -2.10. The van der Waals surface area contributed by atoms with Crippen LogP contribution in [0.4, 0.5) is 0 Å². The van der Waals surface area contributed by atoms with Crippen LogP contribution in [-0.4, -0.2) is 41.9 Å². The van der Waals surface area contributed by atoms with Crippen molar-refractivity contribution in [2.75, 3.05) is 26.2 Å². The Morgan fingerprint density at radius 1 is 1.04 bits per heavy atom. The number of benzene rings is 2. The maximum Gasteiger partial charge on any atom is 0.246 e. The second-order valence-electron chi connectivity index (χ2n) is 6.38. The van der Waals surface area contributed by atoms with Crippen LogP contribution in [0.2, 0.25) is 5.02 Å². The van der Waals surface area contributed by atoms with Gasteiger partial charge in [-0.1, -0.05) is 54.1 Å². The van der Waals surface area contributed by atoms with E-state index >= 15 is 0 Å². The van der Waals surface area contributed by atoms with Gasteiger partial charge in [0.2, 0.25) is 5.91 Å². The van der Waals surface area contributed by atoms with Crippen LogP contribution in [0.15, 0.2) is 54.6 Å². The summed E-state index contributed by atoms with van der Waals surface area (Å²) in [6, 6.07) is 16.0. The van der Waals surface area contributed by atoms with E-state index in [0.717, 1.165) is 38.3 Å². The summed E-state index contributed by atoms with van der Waals surface area (Å²) < 4.78 is 0. The number of carbonyl (C=O) groups excluding carboxylic acids is 1. The number of hydrogen-bond acceptors (Lipinski definition) is 2. The quantitative estimate of drug-likeness (QED) is 0.775. The Labute approximate surface area is 154 Å². The first kappa shape index (κ1) is 17.7. The summed E-state index contributed by atoms with van der Waals surface area (Å²) in [6.07, 6.45) is 3.42. The summed E-state index contributed by atoms with van der Waals surface area (Å²) >= 11 is 6.12. The molecular weight excluding hydrogens is 332 g/mol. The molecule has 0 saturated carbocycles. The van der Waals surface area contributed by atoms with E-state index in [0.29, 0.717) is 5.02 Å². The average Bonchev–Trinajstić information content (AvgIpc) is 2.63. The maximum absolute atomic E-state index is 12.4. The van der Waals surface area contributed by atoms with E-state index < -0.39 is 0 Å². The van der Waals surface area contributed by atoms with Crippen molar-refractivity contribution in [1.29, 1.82) is 0 Å². The van der Waals surface area contributed by atoms with E-state index in [1.54, 1.807) is 12.2 Å². The Kier molecular flexibility index (Phi) is 5.90. The highest BCUT2D eigenvalue weighted by atomic mass is 35.5. The molecule has 1 saturated heterocycles. The zero-order valence-electron chi connectivity index (χ0n) is 14.5. The normalized spacial score (nSPS) is 15.7. The number of rotatable bonds is 4. The SMILES string of the molecule is Cc1ccccc1CN1CCN(C(=O)C=Cc2ccccc2Cl)CC1. The molecule has 2 aromatic rings. The minimum absolute atomic E-state index is 0.0514. The number of nitrogens with zero attached hydrogens (tertiary/aromatic N) is 2. The molecule has 1 heterocycles. The van der Waals surface area contributed by atoms with Gasteiger partial charge in [0.05, 0.1) is 0 Å². The molecule has 0 N–H and O–H groups in total. The average molecular weight is 355 g/mol. The lowest BCUT2D eigenvalue weighted by Gasteiger charge is -2.34. The van der Waals surface area contributed by atoms with Gasteiger partial charge in [-0.05, 0) is 35.8 Å². The molecule has 3 nitrogen and oxygen atoms in total. The molecule has 130 valence electrons. The van der Waals surface area contributed by atoms with Crippen LogP contribution < -0.4 is 0 Å². The summed E-state index contributed by atoms with van der Waals surface area (Å²) in [5, 5.41) is 0.662. The number of aryl methyl sites for hydroxylation is 1. The predicted octanol–water partition coefficient (Wildman–Crippen LogP) is 4.01. The first-order valence-electron chi connectivity index (χ1n) is 8.62. The third-order valence-electron chi connectivity index (χ3n) is 4.65. The van der Waals surface area contributed by atoms with E-state index in [9.17, 15) is 4.79 Å². The molecule has 4 heteroatoms. The van der Waals surface area contributed by atoms with Crippen LogP contribution in [0.1, 0.15) is 16.7 Å². The number of hydrogen-bond donors (Lipinski definition) is 0. The first-order chi connectivity index (χ1) is 12.1. The van der Waals surface area contributed by atoms with E-state index in [1.165, 1.54) is 11.1 Å². The number of carbonyl (C=O) groups is 1. The lowest BCUT2D eigenvalue weighted by atomic mass is 10.1. The second-order valence-corrected chi connectivity index (χ2v) is 6.79. The standard InChI is InChI=1S/C21H23ClN2O/c1-17-6-2-3-8-19(17)16-23-12-14-24(15-13-23)21(25)11-10-18-7-4-5-9-20(18)22/h2-11H,12-16H2,1H3. The van der Waals surface area contributed by atoms with Crippen LogP contribution in [0.3, 0.4) is 0 Å². The summed E-state index contributed by atoms with van der Waals surface area (Å²) in [6.45, 7) is 6.42. The molecule has 0 aromatic heterocycles. The summed E-state index contributed by atoms with van der Waals surface area (Å²) in [4.78, 5) is 16.7. The van der Waals surface area contributed by atoms with Gasteiger partial charge in [-0.25, -0.2) is 0 Å². The Morgan fingerprint density at radius 3 is 2.44 bits per heavy atom. The molecule has 1 amide bonds. The minimum Gasteiger partial charge on any atom is -0.337 e. The van der Waals surface area contributed by atoms with Gasteiger partial charge in [-0.3, -0.25) is 9.69 Å². The van der Waals surface area contributed by atoms with E-state index in [1.807, 2.05) is 29.2 Å². The second kappa shape index (κ2) is 8.32. The fraction of sp³-hybridized carbons (Fsp3) is 0.286. The highest BCUT2D eigenvalue weighted by molar-refractivity contribution is 6.32. The van der Waals surface area contributed by atoms with Gasteiger partial charge in [0, 0.05) is 43.8 Å². The van der Waals surface area contributed by atoms with Gasteiger partial charge < -0.3 is 4.90 Å². The predicted molar refractivity (Wildman–Crippen MR) is 104 cm³/mol. The highest BCUT2D eigenvalue weighted by Crippen LogP contribution is 2.17. The maximum atomic E-state index is 12.4. The molecular formula is C21H23ClN2O. The lowest BCUT2D eigenvalue weighted by Crippen LogP contribution is -2.47. The molecule has 3 rings (SSSR count). The smallest absolute Gasteiger partial charge is 0.246 e. The van der Waals surface area contributed by atoms with E-state index in [4.69, 9.17) is 11.6 Å². The van der Waals surface area contributed by atoms with Crippen molar-refractivity contribution >= 4 is 23.6 Å². The van der Waals surface area contributed by atoms with E-state index in [-0.39, 0.29) is 5.91 Å². The van der Waals surface area contributed by atoms with Gasteiger partial charge in [-0.15, -0.1) is 0 Å². The van der Waals surface area contributed by atoms with Crippen molar-refractivity contribution in [3.8, 4) is 0 Å². The molecule has 0 aliphatic carbocycles. The molecule has 0 bridgehead atoms. The number of amides is 1. The minimum atomic E-state index is 0.0514. The number of piperazine rings is 1. The molecule has 0 unspecified atom stereocenters. The zero-order chi connectivity index (χ0) is 17.6. The van der Waals surface area contributed by atoms with Crippen molar-refractivity contribution in [2.24, 2.45) is 0 Å². The van der Waals surface area contributed by atoms with Crippen LogP contribution in [0.5, 0.6) is 0 Å². The van der Waals surface area contributed by atoms with Crippen molar-refractivity contribution in [3.05, 3.63) is 76.3 Å². The Morgan fingerprint density at radius 2 is 1.72 bits per heavy atom. The van der Waals surface area contributed by atoms with E-state index in [2.05, 4.69) is 36.1 Å². The van der Waals surface area contributed by atoms with Gasteiger partial charge in [-0.2, -0.15) is 0 Å². The molecule has 0 spiro atoms. The molecule has 1 fully saturated rings. The van der Waals surface area contributed by atoms with Crippen LogP contribution in [-0.2, 0) is 11.3 Å². The van der Waals surface area contributed by atoms with Crippen molar-refractivity contribution < 1.29 is 4.79 Å². The van der Waals surface area contributed by atoms with Gasteiger partial charge in [0.15, 0.2) is 0 Å². The monoisotopic (exact) mass is 354 g/mol. The summed E-state index contributed by atoms with van der Waals surface area (Å²) in [5.41, 5.74) is 3.56. The Bertz CT molecular complexity index is 764. The fourth-order valence-corrected chi connectivity index (χ4v) is 3.23. The van der Waals surface area contributed by atoms with Gasteiger partial charge >= 0.3 is 0 Å². The van der Waals surface area contributed by atoms with Crippen LogP contribution >= 0.6 is 11.6 Å². The highest BCUT2D eigenvalue weighted by Gasteiger charge is 2.19. The molecule has 2 aromatic carbocycles. The van der Waals surface area contributed by atoms with Crippen molar-refractivity contribution in [3.63, 3.8) is 0 Å². The summed E-state index contributed by atoms with van der Waals surface area (Å²) in [5.74, 6) is 0.0514. The van der Waals surface area contributed by atoms with Crippen molar-refractivity contribution in [2.45, 2.75) is 13.5 Å². The Balaban J connectivity index is 1.53. The topological polar surface area (TPSA) is 23.6 Å². The molecule has 0 atom stereocenters. The van der Waals surface area contributed by atoms with Gasteiger partial charge in [0.25, 0.3) is 0 Å². The third-order valence-corrected chi connectivity index (χ3v) is 4.99. The van der Waals surface area contributed by atoms with Gasteiger partial charge in [0.1, 0.15) is 0 Å². The van der Waals surface area contributed by atoms with Crippen LogP contribution in [0, 0.1) is 6.92 Å². The first-order valence-corrected chi connectivity index (χ1v) is 8.99. The zero-order valence-corrected chi connectivity index (χ0v) is 15.2. The fourth-order valence-electron chi connectivity index (χ4n) is 3.03. The molecule has 1 aliphatic heterocycles. The van der Waals surface area contributed by atoms with Crippen molar-refractivity contribution in [1.82, 2.24) is 9.80 Å². The number of halogens is 1. The largest absolute Gasteiger partial charge is 0.337 e. The lowest BCUT2D eigenvalue weighted by molar-refractivity contribution is -0.127. The summed E-state index contributed by atoms with van der Waals surface area (Å²) in [7, 11) is 0. The van der Waals surface area contributed by atoms with Crippen LogP contribution in [0.25, 0.3) is 6.08 Å². The molecule has 0 radical (unpaired) electrons. The molecule has 25 heavy (non-hydrogen) atoms. The molecule has 1 aliphatic rings. The third kappa shape index (κ3) is 4.71.